The van der Waals surface area contributed by atoms with Gasteiger partial charge in [-0.1, -0.05) is 6.92 Å². The number of nitriles is 1. The number of hydrogen-bond acceptors (Lipinski definition) is 3. The van der Waals surface area contributed by atoms with Crippen LogP contribution in [0.25, 0.3) is 0 Å². The average Bonchev–Trinajstić information content (AvgIpc) is 2.80. The van der Waals surface area contributed by atoms with Gasteiger partial charge in [0.2, 0.25) is 5.91 Å². The molecular weight excluding hydrogens is 166 g/mol. The number of nitrogens with one attached hydrogen (secondary N) is 2. The average molecular weight is 181 g/mol. The SMILES string of the molecule is CC1(CNCC(=O)NCC#N)CC1. The zero-order valence-corrected chi connectivity index (χ0v) is 7.89. The second-order valence-corrected chi connectivity index (χ2v) is 3.85. The molecule has 72 valence electrons. The Labute approximate surface area is 78.3 Å². The van der Waals surface area contributed by atoms with Gasteiger partial charge in [-0.15, -0.1) is 0 Å². The van der Waals surface area contributed by atoms with Gasteiger partial charge in [0.05, 0.1) is 12.6 Å². The summed E-state index contributed by atoms with van der Waals surface area (Å²) in [4.78, 5) is 11.0. The van der Waals surface area contributed by atoms with Gasteiger partial charge in [-0.05, 0) is 18.3 Å². The summed E-state index contributed by atoms with van der Waals surface area (Å²) in [6, 6.07) is 1.86. The number of nitrogens with zero attached hydrogens (tertiary/aromatic N) is 1. The summed E-state index contributed by atoms with van der Waals surface area (Å²) in [5.41, 5.74) is 0.426. The summed E-state index contributed by atoms with van der Waals surface area (Å²) in [7, 11) is 0. The van der Waals surface area contributed by atoms with Gasteiger partial charge in [0, 0.05) is 6.54 Å². The minimum absolute atomic E-state index is 0.0950. The molecule has 0 aromatic carbocycles. The van der Waals surface area contributed by atoms with Crippen molar-refractivity contribution < 1.29 is 4.79 Å². The maximum atomic E-state index is 11.0. The van der Waals surface area contributed by atoms with Crippen LogP contribution < -0.4 is 10.6 Å². The maximum absolute atomic E-state index is 11.0. The van der Waals surface area contributed by atoms with Crippen LogP contribution in [0.2, 0.25) is 0 Å². The molecule has 1 fully saturated rings. The minimum atomic E-state index is -0.106. The van der Waals surface area contributed by atoms with Gasteiger partial charge in [0.15, 0.2) is 0 Å². The molecule has 1 aliphatic rings. The third-order valence-corrected chi connectivity index (χ3v) is 2.31. The zero-order chi connectivity index (χ0) is 9.73. The van der Waals surface area contributed by atoms with Crippen molar-refractivity contribution in [3.05, 3.63) is 0 Å². The molecule has 4 nitrogen and oxygen atoms in total. The summed E-state index contributed by atoms with van der Waals surface area (Å²) in [6.07, 6.45) is 2.50. The van der Waals surface area contributed by atoms with E-state index in [2.05, 4.69) is 17.6 Å². The molecule has 0 heterocycles. The van der Waals surface area contributed by atoms with Crippen molar-refractivity contribution in [1.82, 2.24) is 10.6 Å². The Morgan fingerprint density at radius 1 is 1.62 bits per heavy atom. The largest absolute Gasteiger partial charge is 0.342 e. The van der Waals surface area contributed by atoms with Crippen LogP contribution in [0, 0.1) is 16.7 Å². The van der Waals surface area contributed by atoms with Crippen molar-refractivity contribution in [2.24, 2.45) is 5.41 Å². The first kappa shape index (κ1) is 10.0. The van der Waals surface area contributed by atoms with Gasteiger partial charge in [0.1, 0.15) is 6.54 Å². The lowest BCUT2D eigenvalue weighted by Gasteiger charge is -2.08. The Morgan fingerprint density at radius 3 is 2.85 bits per heavy atom. The van der Waals surface area contributed by atoms with E-state index in [9.17, 15) is 4.79 Å². The van der Waals surface area contributed by atoms with Crippen molar-refractivity contribution in [2.45, 2.75) is 19.8 Å². The summed E-state index contributed by atoms with van der Waals surface area (Å²) in [5.74, 6) is -0.106. The predicted molar refractivity (Wildman–Crippen MR) is 48.8 cm³/mol. The monoisotopic (exact) mass is 181 g/mol. The molecule has 0 aromatic rings. The molecule has 1 saturated carbocycles. The summed E-state index contributed by atoms with van der Waals surface area (Å²) >= 11 is 0. The van der Waals surface area contributed by atoms with Crippen LogP contribution >= 0.6 is 0 Å². The molecule has 1 amide bonds. The highest BCUT2D eigenvalue weighted by molar-refractivity contribution is 5.78. The highest BCUT2D eigenvalue weighted by Gasteiger charge is 2.36. The normalized spacial score (nSPS) is 17.5. The Hall–Kier alpha value is -1.08. The van der Waals surface area contributed by atoms with Crippen molar-refractivity contribution in [2.75, 3.05) is 19.6 Å². The lowest BCUT2D eigenvalue weighted by atomic mass is 10.1. The number of hydrogen-bond donors (Lipinski definition) is 2. The molecule has 1 rings (SSSR count). The van der Waals surface area contributed by atoms with E-state index < -0.39 is 0 Å². The van der Waals surface area contributed by atoms with Crippen LogP contribution in [-0.2, 0) is 4.79 Å². The van der Waals surface area contributed by atoms with Crippen molar-refractivity contribution in [3.63, 3.8) is 0 Å². The van der Waals surface area contributed by atoms with E-state index in [4.69, 9.17) is 5.26 Å². The second kappa shape index (κ2) is 4.24. The molecule has 2 N–H and O–H groups in total. The van der Waals surface area contributed by atoms with Gasteiger partial charge >= 0.3 is 0 Å². The van der Waals surface area contributed by atoms with Crippen molar-refractivity contribution in [1.29, 1.82) is 5.26 Å². The lowest BCUT2D eigenvalue weighted by molar-refractivity contribution is -0.120. The van der Waals surface area contributed by atoms with Crippen molar-refractivity contribution >= 4 is 5.91 Å². The fourth-order valence-electron chi connectivity index (χ4n) is 1.07. The smallest absolute Gasteiger partial charge is 0.234 e. The number of amides is 1. The molecule has 13 heavy (non-hydrogen) atoms. The van der Waals surface area contributed by atoms with E-state index in [-0.39, 0.29) is 12.5 Å². The third kappa shape index (κ3) is 3.90. The first-order valence-electron chi connectivity index (χ1n) is 4.51. The minimum Gasteiger partial charge on any atom is -0.342 e. The first-order chi connectivity index (χ1) is 6.16. The molecule has 0 atom stereocenters. The molecule has 0 radical (unpaired) electrons. The second-order valence-electron chi connectivity index (χ2n) is 3.85. The van der Waals surface area contributed by atoms with Crippen LogP contribution in [0.3, 0.4) is 0 Å². The molecule has 0 unspecified atom stereocenters. The van der Waals surface area contributed by atoms with E-state index in [1.807, 2.05) is 6.07 Å². The van der Waals surface area contributed by atoms with Gasteiger partial charge < -0.3 is 10.6 Å². The first-order valence-corrected chi connectivity index (χ1v) is 4.51. The van der Waals surface area contributed by atoms with Gasteiger partial charge in [-0.2, -0.15) is 5.26 Å². The van der Waals surface area contributed by atoms with E-state index in [0.717, 1.165) is 6.54 Å². The quantitative estimate of drug-likeness (QED) is 0.587. The van der Waals surface area contributed by atoms with E-state index in [1.165, 1.54) is 12.8 Å². The van der Waals surface area contributed by atoms with Gasteiger partial charge in [-0.25, -0.2) is 0 Å². The van der Waals surface area contributed by atoms with Crippen LogP contribution in [0.5, 0.6) is 0 Å². The zero-order valence-electron chi connectivity index (χ0n) is 7.89. The molecule has 0 aromatic heterocycles. The van der Waals surface area contributed by atoms with Crippen LogP contribution in [0.1, 0.15) is 19.8 Å². The summed E-state index contributed by atoms with van der Waals surface area (Å²) < 4.78 is 0. The Morgan fingerprint density at radius 2 is 2.31 bits per heavy atom. The van der Waals surface area contributed by atoms with Crippen molar-refractivity contribution in [3.8, 4) is 6.07 Å². The highest BCUT2D eigenvalue weighted by Crippen LogP contribution is 2.43. The van der Waals surface area contributed by atoms with Crippen LogP contribution in [0.4, 0.5) is 0 Å². The van der Waals surface area contributed by atoms with Gasteiger partial charge in [-0.3, -0.25) is 4.79 Å². The Kier molecular flexibility index (Phi) is 3.26. The molecule has 1 aliphatic carbocycles. The molecule has 4 heteroatoms. The van der Waals surface area contributed by atoms with E-state index in [1.54, 1.807) is 0 Å². The molecule has 0 saturated heterocycles. The lowest BCUT2D eigenvalue weighted by Crippen LogP contribution is -2.36. The fourth-order valence-corrected chi connectivity index (χ4v) is 1.07. The van der Waals surface area contributed by atoms with Crippen LogP contribution in [0.15, 0.2) is 0 Å². The number of carbonyl (C=O) groups excluding carboxylic acids is 1. The fraction of sp³-hybridized carbons (Fsp3) is 0.778. The Bertz CT molecular complexity index is 228. The Balaban J connectivity index is 1.99. The molecule has 0 bridgehead atoms. The topological polar surface area (TPSA) is 64.9 Å². The summed E-state index contributed by atoms with van der Waals surface area (Å²) in [5, 5.41) is 13.7. The molecule has 0 spiro atoms. The van der Waals surface area contributed by atoms with E-state index >= 15 is 0 Å². The predicted octanol–water partition coefficient (Wildman–Crippen LogP) is 0.0159. The highest BCUT2D eigenvalue weighted by atomic mass is 16.1. The van der Waals surface area contributed by atoms with E-state index in [0.29, 0.717) is 12.0 Å². The molecule has 0 aliphatic heterocycles. The third-order valence-electron chi connectivity index (χ3n) is 2.31. The van der Waals surface area contributed by atoms with Crippen LogP contribution in [-0.4, -0.2) is 25.5 Å². The number of rotatable bonds is 5. The standard InChI is InChI=1S/C9H15N3O/c1-9(2-3-9)7-11-6-8(13)12-5-4-10/h11H,2-3,5-7H2,1H3,(H,12,13). The number of carbonyl (C=O) groups is 1. The van der Waals surface area contributed by atoms with Gasteiger partial charge in [0.25, 0.3) is 0 Å². The summed E-state index contributed by atoms with van der Waals surface area (Å²) in [6.45, 7) is 3.51. The molecular formula is C9H15N3O. The maximum Gasteiger partial charge on any atom is 0.234 e.